The Bertz CT molecular complexity index is 854. The van der Waals surface area contributed by atoms with Crippen molar-refractivity contribution in [2.45, 2.75) is 17.7 Å². The van der Waals surface area contributed by atoms with Crippen molar-refractivity contribution < 1.29 is 23.9 Å². The Balaban J connectivity index is 2.58. The minimum Gasteiger partial charge on any atom is -0.468 e. The molecular formula is C21H26N2O5S2. The number of nitrogens with zero attached hydrogens (tertiary/aromatic N) is 1. The van der Waals surface area contributed by atoms with Crippen molar-refractivity contribution >= 4 is 47.6 Å². The SMILES string of the molecule is COC(=O)C1=C(CSCCNC=O)N=C(C)C(C(=O)OC)C1c1ccccc1SC. The highest BCUT2D eigenvalue weighted by Gasteiger charge is 2.43. The molecule has 1 amide bonds. The van der Waals surface area contributed by atoms with Crippen LogP contribution in [-0.2, 0) is 23.9 Å². The van der Waals surface area contributed by atoms with Crippen LogP contribution in [0.3, 0.4) is 0 Å². The van der Waals surface area contributed by atoms with Crippen LogP contribution in [0, 0.1) is 5.92 Å². The molecule has 162 valence electrons. The van der Waals surface area contributed by atoms with Gasteiger partial charge in [0, 0.05) is 34.6 Å². The van der Waals surface area contributed by atoms with Crippen molar-refractivity contribution in [3.63, 3.8) is 0 Å². The lowest BCUT2D eigenvalue weighted by Crippen LogP contribution is -2.36. The lowest BCUT2D eigenvalue weighted by atomic mass is 9.75. The number of hydrogen-bond donors (Lipinski definition) is 1. The van der Waals surface area contributed by atoms with Crippen LogP contribution >= 0.6 is 23.5 Å². The van der Waals surface area contributed by atoms with Crippen LogP contribution < -0.4 is 5.32 Å². The predicted octanol–water partition coefficient (Wildman–Crippen LogP) is 2.66. The highest BCUT2D eigenvalue weighted by Crippen LogP contribution is 2.43. The van der Waals surface area contributed by atoms with Gasteiger partial charge in [0.25, 0.3) is 0 Å². The molecule has 1 aliphatic heterocycles. The molecule has 1 heterocycles. The average Bonchev–Trinajstić information content (AvgIpc) is 2.77. The molecule has 1 aromatic carbocycles. The zero-order valence-corrected chi connectivity index (χ0v) is 19.1. The summed E-state index contributed by atoms with van der Waals surface area (Å²) in [6.45, 7) is 2.30. The van der Waals surface area contributed by atoms with E-state index in [2.05, 4.69) is 10.3 Å². The highest BCUT2D eigenvalue weighted by molar-refractivity contribution is 7.99. The molecule has 0 fully saturated rings. The molecule has 1 aliphatic rings. The summed E-state index contributed by atoms with van der Waals surface area (Å²) < 4.78 is 10.2. The number of rotatable bonds is 10. The maximum absolute atomic E-state index is 12.9. The van der Waals surface area contributed by atoms with Crippen LogP contribution in [-0.4, -0.2) is 62.6 Å². The summed E-state index contributed by atoms with van der Waals surface area (Å²) in [4.78, 5) is 41.6. The van der Waals surface area contributed by atoms with E-state index in [9.17, 15) is 14.4 Å². The first kappa shape index (κ1) is 24.0. The molecule has 2 unspecified atom stereocenters. The third kappa shape index (κ3) is 5.46. The van der Waals surface area contributed by atoms with Gasteiger partial charge in [-0.1, -0.05) is 18.2 Å². The number of aliphatic imine (C=N–C) groups is 1. The highest BCUT2D eigenvalue weighted by atomic mass is 32.2. The smallest absolute Gasteiger partial charge is 0.336 e. The number of thioether (sulfide) groups is 2. The maximum Gasteiger partial charge on any atom is 0.336 e. The minimum absolute atomic E-state index is 0.371. The van der Waals surface area contributed by atoms with Crippen LogP contribution in [0.5, 0.6) is 0 Å². The molecule has 0 aliphatic carbocycles. The first-order valence-electron chi connectivity index (χ1n) is 9.32. The first-order chi connectivity index (χ1) is 14.5. The van der Waals surface area contributed by atoms with Crippen LogP contribution in [0.25, 0.3) is 0 Å². The van der Waals surface area contributed by atoms with Crippen molar-refractivity contribution in [3.8, 4) is 0 Å². The Morgan fingerprint density at radius 3 is 2.60 bits per heavy atom. The van der Waals surface area contributed by atoms with E-state index in [0.29, 0.717) is 41.4 Å². The van der Waals surface area contributed by atoms with E-state index < -0.39 is 23.8 Å². The summed E-state index contributed by atoms with van der Waals surface area (Å²) in [5.41, 5.74) is 2.41. The molecule has 0 saturated carbocycles. The summed E-state index contributed by atoms with van der Waals surface area (Å²) in [5.74, 6) is -1.12. The molecule has 2 atom stereocenters. The second kappa shape index (κ2) is 11.8. The van der Waals surface area contributed by atoms with Gasteiger partial charge in [-0.05, 0) is 24.8 Å². The van der Waals surface area contributed by atoms with E-state index in [1.54, 1.807) is 30.4 Å². The number of carbonyl (C=O) groups excluding carboxylic acids is 3. The van der Waals surface area contributed by atoms with Gasteiger partial charge in [0.2, 0.25) is 6.41 Å². The number of methoxy groups -OCH3 is 2. The van der Waals surface area contributed by atoms with Gasteiger partial charge in [-0.2, -0.15) is 11.8 Å². The third-order valence-corrected chi connectivity index (χ3v) is 6.55. The van der Waals surface area contributed by atoms with Gasteiger partial charge in [0.1, 0.15) is 5.92 Å². The monoisotopic (exact) mass is 450 g/mol. The van der Waals surface area contributed by atoms with Crippen LogP contribution in [0.4, 0.5) is 0 Å². The number of nitrogens with one attached hydrogen (secondary N) is 1. The Morgan fingerprint density at radius 2 is 1.97 bits per heavy atom. The van der Waals surface area contributed by atoms with Gasteiger partial charge in [0.15, 0.2) is 0 Å². The van der Waals surface area contributed by atoms with Crippen molar-refractivity contribution in [1.29, 1.82) is 0 Å². The zero-order chi connectivity index (χ0) is 22.1. The van der Waals surface area contributed by atoms with Gasteiger partial charge in [-0.15, -0.1) is 11.8 Å². The average molecular weight is 451 g/mol. The van der Waals surface area contributed by atoms with Gasteiger partial charge in [0.05, 0.1) is 25.5 Å². The van der Waals surface area contributed by atoms with Gasteiger partial charge >= 0.3 is 11.9 Å². The third-order valence-electron chi connectivity index (χ3n) is 4.76. The van der Waals surface area contributed by atoms with E-state index in [4.69, 9.17) is 9.47 Å². The summed E-state index contributed by atoms with van der Waals surface area (Å²) in [6, 6.07) is 7.69. The van der Waals surface area contributed by atoms with Gasteiger partial charge in [-0.25, -0.2) is 4.79 Å². The lowest BCUT2D eigenvalue weighted by molar-refractivity contribution is -0.143. The Kier molecular flexibility index (Phi) is 9.45. The molecule has 1 aromatic rings. The number of amides is 1. The fraction of sp³-hybridized carbons (Fsp3) is 0.429. The van der Waals surface area contributed by atoms with Crippen LogP contribution in [0.15, 0.2) is 45.4 Å². The molecular weight excluding hydrogens is 424 g/mol. The summed E-state index contributed by atoms with van der Waals surface area (Å²) in [6.07, 6.45) is 2.60. The number of esters is 2. The molecule has 0 radical (unpaired) electrons. The molecule has 2 rings (SSSR count). The Labute approximate surface area is 185 Å². The second-order valence-corrected chi connectivity index (χ2v) is 8.40. The summed E-state index contributed by atoms with van der Waals surface area (Å²) >= 11 is 3.09. The molecule has 7 nitrogen and oxygen atoms in total. The fourth-order valence-corrected chi connectivity index (χ4v) is 4.91. The van der Waals surface area contributed by atoms with E-state index in [1.165, 1.54) is 14.2 Å². The molecule has 1 N–H and O–H groups in total. The number of hydrogen-bond acceptors (Lipinski definition) is 8. The van der Waals surface area contributed by atoms with Gasteiger partial charge in [-0.3, -0.25) is 14.6 Å². The number of carbonyl (C=O) groups is 3. The van der Waals surface area contributed by atoms with Crippen molar-refractivity contribution in [1.82, 2.24) is 5.32 Å². The van der Waals surface area contributed by atoms with E-state index in [0.717, 1.165) is 10.5 Å². The van der Waals surface area contributed by atoms with Crippen LogP contribution in [0.1, 0.15) is 18.4 Å². The second-order valence-electron chi connectivity index (χ2n) is 6.45. The van der Waals surface area contributed by atoms with Crippen molar-refractivity contribution in [3.05, 3.63) is 41.1 Å². The quantitative estimate of drug-likeness (QED) is 0.253. The lowest BCUT2D eigenvalue weighted by Gasteiger charge is -2.32. The minimum atomic E-state index is -0.720. The number of benzene rings is 1. The normalized spacial score (nSPS) is 18.5. The molecule has 0 spiro atoms. The van der Waals surface area contributed by atoms with E-state index in [1.807, 2.05) is 30.5 Å². The fourth-order valence-electron chi connectivity index (χ4n) is 3.45. The molecule has 0 aromatic heterocycles. The Morgan fingerprint density at radius 1 is 1.23 bits per heavy atom. The van der Waals surface area contributed by atoms with Crippen molar-refractivity contribution in [2.24, 2.45) is 10.9 Å². The maximum atomic E-state index is 12.9. The zero-order valence-electron chi connectivity index (χ0n) is 17.5. The predicted molar refractivity (Wildman–Crippen MR) is 120 cm³/mol. The Hall–Kier alpha value is -2.26. The standard InChI is InChI=1S/C21H26N2O5S2/c1-13-17(20(25)27-2)18(14-7-5-6-8-16(14)29-4)19(21(26)28-3)15(23-13)11-30-10-9-22-12-24/h5-8,12,17-18H,9-11H2,1-4H3,(H,22,24). The summed E-state index contributed by atoms with van der Waals surface area (Å²) in [5, 5.41) is 2.61. The molecule has 0 bridgehead atoms. The number of ether oxygens (including phenoxy) is 2. The summed E-state index contributed by atoms with van der Waals surface area (Å²) in [7, 11) is 2.66. The molecule has 0 saturated heterocycles. The largest absolute Gasteiger partial charge is 0.468 e. The molecule has 9 heteroatoms. The van der Waals surface area contributed by atoms with E-state index >= 15 is 0 Å². The van der Waals surface area contributed by atoms with Crippen molar-refractivity contribution in [2.75, 3.05) is 38.5 Å². The van der Waals surface area contributed by atoms with Crippen LogP contribution in [0.2, 0.25) is 0 Å². The van der Waals surface area contributed by atoms with E-state index in [-0.39, 0.29) is 0 Å². The first-order valence-corrected chi connectivity index (χ1v) is 11.7. The molecule has 30 heavy (non-hydrogen) atoms. The topological polar surface area (TPSA) is 94.1 Å². The van der Waals surface area contributed by atoms with Gasteiger partial charge < -0.3 is 14.8 Å².